The molecular weight excluding hydrogens is 224 g/mol. The normalized spacial score (nSPS) is 9.83. The highest BCUT2D eigenvalue weighted by Gasteiger charge is 2.06. The van der Waals surface area contributed by atoms with Crippen molar-refractivity contribution in [1.29, 1.82) is 0 Å². The van der Waals surface area contributed by atoms with Gasteiger partial charge in [-0.05, 0) is 19.1 Å². The molecule has 18 heavy (non-hydrogen) atoms. The summed E-state index contributed by atoms with van der Waals surface area (Å²) in [6.07, 6.45) is 6.32. The smallest absolute Gasteiger partial charge is 0.0710 e. The molecule has 2 N–H and O–H groups in total. The molecule has 0 saturated carbocycles. The molecule has 4 nitrogen and oxygen atoms in total. The van der Waals surface area contributed by atoms with Gasteiger partial charge >= 0.3 is 0 Å². The monoisotopic (exact) mass is 240 g/mol. The Morgan fingerprint density at radius 2 is 2.33 bits per heavy atom. The lowest BCUT2D eigenvalue weighted by molar-refractivity contribution is 0.702. The lowest BCUT2D eigenvalue weighted by Crippen LogP contribution is -2.14. The number of nitrogens with one attached hydrogen (secondary N) is 2. The van der Waals surface area contributed by atoms with E-state index in [0.29, 0.717) is 0 Å². The Morgan fingerprint density at radius 3 is 3.11 bits per heavy atom. The molecule has 2 heterocycles. The van der Waals surface area contributed by atoms with Crippen molar-refractivity contribution in [2.75, 3.05) is 6.54 Å². The van der Waals surface area contributed by atoms with Crippen molar-refractivity contribution >= 4 is 0 Å². The Balaban J connectivity index is 1.97. The summed E-state index contributed by atoms with van der Waals surface area (Å²) in [6, 6.07) is 3.94. The van der Waals surface area contributed by atoms with Gasteiger partial charge < -0.3 is 5.32 Å². The minimum absolute atomic E-state index is 0.784. The van der Waals surface area contributed by atoms with Gasteiger partial charge in [0.25, 0.3) is 0 Å². The number of rotatable bonds is 5. The van der Waals surface area contributed by atoms with E-state index in [1.165, 1.54) is 0 Å². The van der Waals surface area contributed by atoms with Crippen molar-refractivity contribution in [1.82, 2.24) is 20.5 Å². The van der Waals surface area contributed by atoms with Gasteiger partial charge in [0.15, 0.2) is 0 Å². The molecule has 0 bridgehead atoms. The summed E-state index contributed by atoms with van der Waals surface area (Å²) in [7, 11) is 0. The predicted molar refractivity (Wildman–Crippen MR) is 71.6 cm³/mol. The summed E-state index contributed by atoms with van der Waals surface area (Å²) in [4.78, 5) is 4.12. The number of aromatic nitrogens is 3. The average Bonchev–Trinajstić information content (AvgIpc) is 2.88. The van der Waals surface area contributed by atoms with Crippen LogP contribution in [-0.2, 0) is 6.54 Å². The third-order valence-corrected chi connectivity index (χ3v) is 2.59. The van der Waals surface area contributed by atoms with Gasteiger partial charge in [-0.25, -0.2) is 0 Å². The maximum Gasteiger partial charge on any atom is 0.0710 e. The first-order valence-corrected chi connectivity index (χ1v) is 5.95. The Kier molecular flexibility index (Phi) is 4.51. The van der Waals surface area contributed by atoms with Crippen LogP contribution in [0.15, 0.2) is 30.7 Å². The van der Waals surface area contributed by atoms with Crippen molar-refractivity contribution in [3.05, 3.63) is 36.3 Å². The quantitative estimate of drug-likeness (QED) is 0.620. The number of nitrogens with zero attached hydrogens (tertiary/aromatic N) is 2. The number of hydrogen-bond acceptors (Lipinski definition) is 3. The molecule has 0 aliphatic heterocycles. The fourth-order valence-electron chi connectivity index (χ4n) is 1.70. The molecule has 0 spiro atoms. The summed E-state index contributed by atoms with van der Waals surface area (Å²) >= 11 is 0. The fraction of sp³-hybridized carbons (Fsp3) is 0.286. The van der Waals surface area contributed by atoms with Crippen LogP contribution in [0.5, 0.6) is 0 Å². The Morgan fingerprint density at radius 1 is 1.39 bits per heavy atom. The first-order valence-electron chi connectivity index (χ1n) is 5.95. The highest BCUT2D eigenvalue weighted by Crippen LogP contribution is 2.19. The zero-order valence-corrected chi connectivity index (χ0v) is 10.4. The summed E-state index contributed by atoms with van der Waals surface area (Å²) in [5, 5.41) is 10.5. The fourth-order valence-corrected chi connectivity index (χ4v) is 1.70. The maximum atomic E-state index is 4.12. The molecular formula is C14H16N4. The largest absolute Gasteiger partial charge is 0.312 e. The number of aromatic amines is 1. The third kappa shape index (κ3) is 3.19. The minimum atomic E-state index is 0.784. The molecule has 0 atom stereocenters. The van der Waals surface area contributed by atoms with Crippen molar-refractivity contribution in [3.8, 4) is 23.1 Å². The van der Waals surface area contributed by atoms with Gasteiger partial charge in [-0.3, -0.25) is 10.1 Å². The maximum absolute atomic E-state index is 4.12. The molecule has 0 radical (unpaired) electrons. The zero-order valence-electron chi connectivity index (χ0n) is 10.4. The molecule has 0 fully saturated rings. The van der Waals surface area contributed by atoms with E-state index >= 15 is 0 Å². The first-order chi connectivity index (χ1) is 8.92. The minimum Gasteiger partial charge on any atom is -0.312 e. The molecule has 4 heteroatoms. The van der Waals surface area contributed by atoms with Crippen LogP contribution in [-0.4, -0.2) is 21.7 Å². The van der Waals surface area contributed by atoms with Crippen LogP contribution in [0.25, 0.3) is 11.3 Å². The van der Waals surface area contributed by atoms with Crippen molar-refractivity contribution in [2.45, 2.75) is 19.9 Å². The van der Waals surface area contributed by atoms with E-state index in [-0.39, 0.29) is 0 Å². The van der Waals surface area contributed by atoms with Gasteiger partial charge in [0.2, 0.25) is 0 Å². The molecule has 0 aliphatic rings. The number of hydrogen-bond donors (Lipinski definition) is 2. The molecule has 0 aliphatic carbocycles. The molecule has 0 unspecified atom stereocenters. The zero-order chi connectivity index (χ0) is 12.6. The summed E-state index contributed by atoms with van der Waals surface area (Å²) in [5.41, 5.74) is 3.23. The molecule has 2 rings (SSSR count). The van der Waals surface area contributed by atoms with Crippen molar-refractivity contribution in [3.63, 3.8) is 0 Å². The van der Waals surface area contributed by atoms with E-state index in [4.69, 9.17) is 0 Å². The van der Waals surface area contributed by atoms with Crippen molar-refractivity contribution < 1.29 is 0 Å². The highest BCUT2D eigenvalue weighted by molar-refractivity contribution is 5.61. The molecule has 92 valence electrons. The van der Waals surface area contributed by atoms with E-state index in [1.807, 2.05) is 31.5 Å². The Bertz CT molecular complexity index is 534. The third-order valence-electron chi connectivity index (χ3n) is 2.59. The lowest BCUT2D eigenvalue weighted by atomic mass is 10.1. The average molecular weight is 240 g/mol. The molecule has 0 aromatic carbocycles. The van der Waals surface area contributed by atoms with Crippen LogP contribution in [0, 0.1) is 11.8 Å². The molecule has 0 saturated heterocycles. The second-order valence-corrected chi connectivity index (χ2v) is 3.87. The van der Waals surface area contributed by atoms with Gasteiger partial charge in [-0.2, -0.15) is 5.10 Å². The van der Waals surface area contributed by atoms with E-state index in [2.05, 4.69) is 32.3 Å². The van der Waals surface area contributed by atoms with Gasteiger partial charge in [0.1, 0.15) is 0 Å². The molecule has 2 aromatic heterocycles. The van der Waals surface area contributed by atoms with Crippen LogP contribution < -0.4 is 5.32 Å². The summed E-state index contributed by atoms with van der Waals surface area (Å²) < 4.78 is 0. The van der Waals surface area contributed by atoms with E-state index in [1.54, 1.807) is 6.20 Å². The Labute approximate surface area is 107 Å². The molecule has 2 aromatic rings. The second kappa shape index (κ2) is 6.58. The SMILES string of the molecule is CC#CCCNCc1cn[nH]c1-c1cccnc1. The number of H-pyrrole nitrogens is 1. The molecule has 0 amide bonds. The van der Waals surface area contributed by atoms with Crippen LogP contribution in [0.3, 0.4) is 0 Å². The lowest BCUT2D eigenvalue weighted by Gasteiger charge is -2.03. The predicted octanol–water partition coefficient (Wildman–Crippen LogP) is 1.97. The first kappa shape index (κ1) is 12.3. The standard InChI is InChI=1S/C14H16N4/c1-2-3-4-7-15-10-13-11-17-18-14(13)12-6-5-8-16-9-12/h5-6,8-9,11,15H,4,7,10H2,1H3,(H,17,18). The Hall–Kier alpha value is -2.12. The van der Waals surface area contributed by atoms with Crippen LogP contribution in [0.4, 0.5) is 0 Å². The van der Waals surface area contributed by atoms with Crippen LogP contribution in [0.2, 0.25) is 0 Å². The van der Waals surface area contributed by atoms with Crippen LogP contribution in [0.1, 0.15) is 18.9 Å². The summed E-state index contributed by atoms with van der Waals surface area (Å²) in [5.74, 6) is 5.91. The topological polar surface area (TPSA) is 53.6 Å². The van der Waals surface area contributed by atoms with Gasteiger partial charge in [-0.15, -0.1) is 11.8 Å². The summed E-state index contributed by atoms with van der Waals surface area (Å²) in [6.45, 7) is 3.53. The second-order valence-electron chi connectivity index (χ2n) is 3.87. The van der Waals surface area contributed by atoms with Gasteiger partial charge in [-0.1, -0.05) is 0 Å². The van der Waals surface area contributed by atoms with Gasteiger partial charge in [0, 0.05) is 43.0 Å². The van der Waals surface area contributed by atoms with Gasteiger partial charge in [0.05, 0.1) is 11.9 Å². The van der Waals surface area contributed by atoms with E-state index in [0.717, 1.165) is 36.3 Å². The van der Waals surface area contributed by atoms with E-state index in [9.17, 15) is 0 Å². The van der Waals surface area contributed by atoms with Crippen LogP contribution >= 0.6 is 0 Å². The van der Waals surface area contributed by atoms with E-state index < -0.39 is 0 Å². The highest BCUT2D eigenvalue weighted by atomic mass is 15.1. The van der Waals surface area contributed by atoms with Crippen molar-refractivity contribution in [2.24, 2.45) is 0 Å². The number of pyridine rings is 1.